The van der Waals surface area contributed by atoms with Gasteiger partial charge in [-0.25, -0.2) is 0 Å². The zero-order valence-corrected chi connectivity index (χ0v) is 13.3. The summed E-state index contributed by atoms with van der Waals surface area (Å²) in [6.07, 6.45) is 0. The second-order valence-electron chi connectivity index (χ2n) is 5.90. The van der Waals surface area contributed by atoms with E-state index in [2.05, 4.69) is 15.5 Å². The minimum absolute atomic E-state index is 0.0518. The average Bonchev–Trinajstić information content (AvgIpc) is 2.91. The first-order valence-corrected chi connectivity index (χ1v) is 7.21. The fourth-order valence-corrected chi connectivity index (χ4v) is 1.74. The highest BCUT2D eigenvalue weighted by Gasteiger charge is 2.25. The van der Waals surface area contributed by atoms with Crippen molar-refractivity contribution in [1.82, 2.24) is 15.5 Å². The number of nitrogens with zero attached hydrogens (tertiary/aromatic N) is 2. The molecule has 1 unspecified atom stereocenters. The van der Waals surface area contributed by atoms with E-state index in [1.807, 2.05) is 13.8 Å². The van der Waals surface area contributed by atoms with Crippen molar-refractivity contribution in [3.05, 3.63) is 35.7 Å². The lowest BCUT2D eigenvalue weighted by Gasteiger charge is -2.27. The molecule has 0 fully saturated rings. The Balaban J connectivity index is 2.03. The van der Waals surface area contributed by atoms with Crippen molar-refractivity contribution in [3.8, 4) is 11.5 Å². The van der Waals surface area contributed by atoms with Crippen molar-refractivity contribution in [2.24, 2.45) is 5.92 Å². The van der Waals surface area contributed by atoms with Crippen LogP contribution in [-0.4, -0.2) is 33.4 Å². The van der Waals surface area contributed by atoms with Crippen molar-refractivity contribution in [1.29, 1.82) is 0 Å². The summed E-state index contributed by atoms with van der Waals surface area (Å²) in [4.78, 5) is 12.1. The first kappa shape index (κ1) is 16.2. The maximum absolute atomic E-state index is 12.1. The molecule has 22 heavy (non-hydrogen) atoms. The van der Waals surface area contributed by atoms with Crippen molar-refractivity contribution in [2.45, 2.75) is 33.3 Å². The Labute approximate surface area is 129 Å². The maximum atomic E-state index is 12.1. The van der Waals surface area contributed by atoms with Crippen molar-refractivity contribution >= 4 is 5.91 Å². The van der Waals surface area contributed by atoms with E-state index in [0.717, 1.165) is 5.56 Å². The van der Waals surface area contributed by atoms with Gasteiger partial charge in [-0.15, -0.1) is 10.2 Å². The molecule has 2 aromatic rings. The Morgan fingerprint density at radius 1 is 1.32 bits per heavy atom. The highest BCUT2D eigenvalue weighted by Crippen LogP contribution is 2.18. The third-order valence-electron chi connectivity index (χ3n) is 3.77. The molecule has 1 aromatic carbocycles. The fraction of sp³-hybridized carbons (Fsp3) is 0.438. The largest absolute Gasteiger partial charge is 0.421 e. The number of hydrogen-bond acceptors (Lipinski definition) is 5. The van der Waals surface area contributed by atoms with Gasteiger partial charge in [0, 0.05) is 24.6 Å². The van der Waals surface area contributed by atoms with E-state index < -0.39 is 5.60 Å². The van der Waals surface area contributed by atoms with Gasteiger partial charge in [0.1, 0.15) is 0 Å². The van der Waals surface area contributed by atoms with Gasteiger partial charge in [-0.2, -0.15) is 0 Å². The van der Waals surface area contributed by atoms with Crippen LogP contribution in [0.1, 0.15) is 37.0 Å². The second kappa shape index (κ2) is 6.27. The summed E-state index contributed by atoms with van der Waals surface area (Å²) in [5, 5.41) is 20.6. The minimum Gasteiger partial charge on any atom is -0.421 e. The van der Waals surface area contributed by atoms with Crippen molar-refractivity contribution < 1.29 is 14.3 Å². The summed E-state index contributed by atoms with van der Waals surface area (Å²) < 4.78 is 5.33. The van der Waals surface area contributed by atoms with Gasteiger partial charge in [0.15, 0.2) is 0 Å². The highest BCUT2D eigenvalue weighted by atomic mass is 16.4. The van der Waals surface area contributed by atoms with Gasteiger partial charge in [-0.1, -0.05) is 13.8 Å². The van der Waals surface area contributed by atoms with Gasteiger partial charge in [0.05, 0.1) is 5.60 Å². The van der Waals surface area contributed by atoms with Crippen LogP contribution in [0.5, 0.6) is 0 Å². The van der Waals surface area contributed by atoms with Crippen LogP contribution < -0.4 is 5.32 Å². The molecule has 0 saturated carbocycles. The van der Waals surface area contributed by atoms with E-state index in [-0.39, 0.29) is 18.4 Å². The third-order valence-corrected chi connectivity index (χ3v) is 3.77. The Hall–Kier alpha value is -2.21. The monoisotopic (exact) mass is 303 g/mol. The molecule has 2 rings (SSSR count). The molecule has 0 aliphatic heterocycles. The Bertz CT molecular complexity index is 645. The lowest BCUT2D eigenvalue weighted by Crippen LogP contribution is -2.44. The van der Waals surface area contributed by atoms with E-state index in [0.29, 0.717) is 17.3 Å². The van der Waals surface area contributed by atoms with Crippen LogP contribution >= 0.6 is 0 Å². The number of aromatic nitrogens is 2. The molecular weight excluding hydrogens is 282 g/mol. The van der Waals surface area contributed by atoms with Crippen LogP contribution in [0.2, 0.25) is 0 Å². The van der Waals surface area contributed by atoms with Crippen molar-refractivity contribution in [3.63, 3.8) is 0 Å². The van der Waals surface area contributed by atoms with Gasteiger partial charge in [-0.05, 0) is 37.1 Å². The quantitative estimate of drug-likeness (QED) is 0.884. The van der Waals surface area contributed by atoms with E-state index in [1.54, 1.807) is 38.1 Å². The Morgan fingerprint density at radius 2 is 1.95 bits per heavy atom. The van der Waals surface area contributed by atoms with Crippen LogP contribution in [-0.2, 0) is 0 Å². The molecule has 1 amide bonds. The molecule has 2 N–H and O–H groups in total. The number of benzene rings is 1. The number of carbonyl (C=O) groups excluding carboxylic acids is 1. The molecule has 0 aliphatic rings. The smallest absolute Gasteiger partial charge is 0.251 e. The van der Waals surface area contributed by atoms with Crippen LogP contribution in [0.25, 0.3) is 11.5 Å². The summed E-state index contributed by atoms with van der Waals surface area (Å²) in [7, 11) is 0. The minimum atomic E-state index is -0.934. The van der Waals surface area contributed by atoms with Crippen LogP contribution in [0, 0.1) is 12.8 Å². The maximum Gasteiger partial charge on any atom is 0.251 e. The molecule has 118 valence electrons. The highest BCUT2D eigenvalue weighted by molar-refractivity contribution is 5.94. The topological polar surface area (TPSA) is 88.2 Å². The number of aryl methyl sites for hydroxylation is 1. The molecule has 0 saturated heterocycles. The van der Waals surface area contributed by atoms with Crippen LogP contribution in [0.15, 0.2) is 28.7 Å². The molecule has 0 spiro atoms. The number of carbonyl (C=O) groups is 1. The Kier molecular flexibility index (Phi) is 4.61. The first-order chi connectivity index (χ1) is 10.3. The van der Waals surface area contributed by atoms with E-state index >= 15 is 0 Å². The molecule has 1 atom stereocenters. The molecule has 0 radical (unpaired) electrons. The first-order valence-electron chi connectivity index (χ1n) is 7.21. The SMILES string of the molecule is Cc1nnc(-c2ccc(C(=O)NCC(C)(O)C(C)C)cc2)o1. The summed E-state index contributed by atoms with van der Waals surface area (Å²) >= 11 is 0. The lowest BCUT2D eigenvalue weighted by molar-refractivity contribution is 0.0142. The normalized spacial score (nSPS) is 13.9. The Morgan fingerprint density at radius 3 is 2.45 bits per heavy atom. The third kappa shape index (κ3) is 3.71. The van der Waals surface area contributed by atoms with Crippen LogP contribution in [0.4, 0.5) is 0 Å². The number of aliphatic hydroxyl groups is 1. The predicted molar refractivity (Wildman–Crippen MR) is 82.3 cm³/mol. The van der Waals surface area contributed by atoms with Gasteiger partial charge in [0.2, 0.25) is 11.8 Å². The second-order valence-corrected chi connectivity index (χ2v) is 5.90. The molecular formula is C16H21N3O3. The summed E-state index contributed by atoms with van der Waals surface area (Å²) in [6, 6.07) is 6.88. The molecule has 0 bridgehead atoms. The summed E-state index contributed by atoms with van der Waals surface area (Å²) in [6.45, 7) is 7.45. The van der Waals surface area contributed by atoms with Gasteiger partial charge in [0.25, 0.3) is 5.91 Å². The average molecular weight is 303 g/mol. The zero-order chi connectivity index (χ0) is 16.3. The summed E-state index contributed by atoms with van der Waals surface area (Å²) in [5.74, 6) is 0.741. The van der Waals surface area contributed by atoms with Gasteiger partial charge < -0.3 is 14.8 Å². The number of nitrogens with one attached hydrogen (secondary N) is 1. The standard InChI is InChI=1S/C16H21N3O3/c1-10(2)16(4,21)9-17-14(20)12-5-7-13(8-6-12)15-19-18-11(3)22-15/h5-8,10,21H,9H2,1-4H3,(H,17,20). The van der Waals surface area contributed by atoms with Crippen molar-refractivity contribution in [2.75, 3.05) is 6.54 Å². The lowest BCUT2D eigenvalue weighted by atomic mass is 9.92. The van der Waals surface area contributed by atoms with E-state index in [4.69, 9.17) is 4.42 Å². The molecule has 0 aliphatic carbocycles. The molecule has 6 nitrogen and oxygen atoms in total. The summed E-state index contributed by atoms with van der Waals surface area (Å²) in [5.41, 5.74) is 0.336. The fourth-order valence-electron chi connectivity index (χ4n) is 1.74. The molecule has 1 aromatic heterocycles. The van der Waals surface area contributed by atoms with Gasteiger partial charge in [-0.3, -0.25) is 4.79 Å². The number of hydrogen-bond donors (Lipinski definition) is 2. The van der Waals surface area contributed by atoms with Gasteiger partial charge >= 0.3 is 0 Å². The van der Waals surface area contributed by atoms with Crippen LogP contribution in [0.3, 0.4) is 0 Å². The number of amides is 1. The molecule has 6 heteroatoms. The zero-order valence-electron chi connectivity index (χ0n) is 13.3. The van der Waals surface area contributed by atoms with E-state index in [1.165, 1.54) is 0 Å². The van der Waals surface area contributed by atoms with E-state index in [9.17, 15) is 9.90 Å². The number of rotatable bonds is 5. The molecule has 1 heterocycles. The predicted octanol–water partition coefficient (Wildman–Crippen LogP) is 2.18.